The van der Waals surface area contributed by atoms with Crippen molar-refractivity contribution < 1.29 is 4.79 Å². The number of carbonyl (C=O) groups is 1. The quantitative estimate of drug-likeness (QED) is 0.826. The molecule has 0 aliphatic carbocycles. The second kappa shape index (κ2) is 5.35. The molecular weight excluding hydrogens is 228 g/mol. The van der Waals surface area contributed by atoms with Gasteiger partial charge in [0.2, 0.25) is 0 Å². The Bertz CT molecular complexity index is 425. The molecular formula is C13H20N4O. The Morgan fingerprint density at radius 2 is 2.17 bits per heavy atom. The third kappa shape index (κ3) is 2.79. The highest BCUT2D eigenvalue weighted by molar-refractivity contribution is 5.91. The number of amides is 1. The molecule has 0 saturated carbocycles. The second-order valence-corrected chi connectivity index (χ2v) is 4.95. The van der Waals surface area contributed by atoms with Gasteiger partial charge in [0.15, 0.2) is 0 Å². The third-order valence-corrected chi connectivity index (χ3v) is 3.64. The van der Waals surface area contributed by atoms with Crippen LogP contribution in [0.2, 0.25) is 0 Å². The summed E-state index contributed by atoms with van der Waals surface area (Å²) in [5.41, 5.74) is 12.5. The van der Waals surface area contributed by atoms with Gasteiger partial charge in [0, 0.05) is 31.0 Å². The van der Waals surface area contributed by atoms with Crippen molar-refractivity contribution in [3.8, 4) is 0 Å². The summed E-state index contributed by atoms with van der Waals surface area (Å²) < 4.78 is 0. The van der Waals surface area contributed by atoms with Crippen LogP contribution in [0.1, 0.15) is 30.3 Å². The average Bonchev–Trinajstić information content (AvgIpc) is 2.39. The number of aromatic nitrogens is 1. The van der Waals surface area contributed by atoms with Gasteiger partial charge in [-0.25, -0.2) is 0 Å². The lowest BCUT2D eigenvalue weighted by Gasteiger charge is -2.35. The number of primary amides is 1. The molecule has 1 fully saturated rings. The highest BCUT2D eigenvalue weighted by Crippen LogP contribution is 2.24. The summed E-state index contributed by atoms with van der Waals surface area (Å²) in [6.45, 7) is 4.00. The van der Waals surface area contributed by atoms with Crippen LogP contribution in [-0.4, -0.2) is 30.0 Å². The normalized spacial score (nSPS) is 18.7. The molecule has 1 amide bonds. The molecule has 1 atom stereocenters. The zero-order valence-corrected chi connectivity index (χ0v) is 10.7. The van der Waals surface area contributed by atoms with E-state index in [4.69, 9.17) is 11.5 Å². The first-order valence-electron chi connectivity index (χ1n) is 6.34. The number of anilines is 1. The molecule has 1 unspecified atom stereocenters. The number of piperidine rings is 1. The Morgan fingerprint density at radius 1 is 1.50 bits per heavy atom. The molecule has 0 bridgehead atoms. The molecule has 1 aliphatic heterocycles. The Hall–Kier alpha value is -1.62. The first kappa shape index (κ1) is 12.8. The van der Waals surface area contributed by atoms with Crippen LogP contribution in [0, 0.1) is 5.92 Å². The van der Waals surface area contributed by atoms with E-state index in [1.54, 1.807) is 12.3 Å². The van der Waals surface area contributed by atoms with Gasteiger partial charge < -0.3 is 16.4 Å². The van der Waals surface area contributed by atoms with Gasteiger partial charge in [-0.2, -0.15) is 0 Å². The maximum absolute atomic E-state index is 11.1. The fourth-order valence-corrected chi connectivity index (χ4v) is 2.43. The number of nitrogens with two attached hydrogens (primary N) is 2. The minimum absolute atomic E-state index is 0.255. The summed E-state index contributed by atoms with van der Waals surface area (Å²) in [7, 11) is 0. The van der Waals surface area contributed by atoms with E-state index in [9.17, 15) is 4.79 Å². The van der Waals surface area contributed by atoms with Crippen molar-refractivity contribution in [2.24, 2.45) is 17.4 Å². The van der Waals surface area contributed by atoms with Gasteiger partial charge in [0.1, 0.15) is 5.69 Å². The SMILES string of the molecule is CC(N)C1CCN(c2ccnc(C(N)=O)c2)CC1. The summed E-state index contributed by atoms with van der Waals surface area (Å²) in [5, 5.41) is 0. The second-order valence-electron chi connectivity index (χ2n) is 4.95. The Balaban J connectivity index is 2.05. The minimum atomic E-state index is -0.484. The van der Waals surface area contributed by atoms with Crippen molar-refractivity contribution in [3.63, 3.8) is 0 Å². The van der Waals surface area contributed by atoms with Crippen molar-refractivity contribution in [1.82, 2.24) is 4.98 Å². The zero-order chi connectivity index (χ0) is 13.1. The van der Waals surface area contributed by atoms with E-state index in [1.807, 2.05) is 6.07 Å². The van der Waals surface area contributed by atoms with E-state index in [1.165, 1.54) is 0 Å². The Morgan fingerprint density at radius 3 is 2.72 bits per heavy atom. The summed E-state index contributed by atoms with van der Waals surface area (Å²) in [5.74, 6) is 0.112. The molecule has 0 aromatic carbocycles. The number of hydrogen-bond acceptors (Lipinski definition) is 4. The van der Waals surface area contributed by atoms with Crippen LogP contribution in [0.25, 0.3) is 0 Å². The largest absolute Gasteiger partial charge is 0.371 e. The van der Waals surface area contributed by atoms with Gasteiger partial charge >= 0.3 is 0 Å². The van der Waals surface area contributed by atoms with E-state index in [0.29, 0.717) is 11.6 Å². The highest BCUT2D eigenvalue weighted by atomic mass is 16.1. The fourth-order valence-electron chi connectivity index (χ4n) is 2.43. The third-order valence-electron chi connectivity index (χ3n) is 3.64. The maximum atomic E-state index is 11.1. The van der Waals surface area contributed by atoms with Gasteiger partial charge in [-0.1, -0.05) is 0 Å². The van der Waals surface area contributed by atoms with Gasteiger partial charge in [0.25, 0.3) is 5.91 Å². The smallest absolute Gasteiger partial charge is 0.267 e. The minimum Gasteiger partial charge on any atom is -0.371 e. The molecule has 0 radical (unpaired) electrons. The van der Waals surface area contributed by atoms with Gasteiger partial charge in [-0.05, 0) is 37.8 Å². The predicted octanol–water partition coefficient (Wildman–Crippen LogP) is 0.744. The summed E-state index contributed by atoms with van der Waals surface area (Å²) >= 11 is 0. The molecule has 2 rings (SSSR count). The van der Waals surface area contributed by atoms with Gasteiger partial charge in [0.05, 0.1) is 0 Å². The summed E-state index contributed by atoms with van der Waals surface area (Å²) in [4.78, 5) is 17.3. The van der Waals surface area contributed by atoms with Crippen molar-refractivity contribution in [2.75, 3.05) is 18.0 Å². The lowest BCUT2D eigenvalue weighted by molar-refractivity contribution is 0.0995. The highest BCUT2D eigenvalue weighted by Gasteiger charge is 2.22. The lowest BCUT2D eigenvalue weighted by atomic mass is 9.91. The number of hydrogen-bond donors (Lipinski definition) is 2. The molecule has 98 valence electrons. The van der Waals surface area contributed by atoms with E-state index in [0.717, 1.165) is 31.6 Å². The molecule has 4 N–H and O–H groups in total. The standard InChI is InChI=1S/C13H20N4O/c1-9(14)10-3-6-17(7-4-10)11-2-5-16-12(8-11)13(15)18/h2,5,8-10H,3-4,6-7,14H2,1H3,(H2,15,18). The van der Waals surface area contributed by atoms with Crippen molar-refractivity contribution in [1.29, 1.82) is 0 Å². The number of pyridine rings is 1. The fraction of sp³-hybridized carbons (Fsp3) is 0.538. The van der Waals surface area contributed by atoms with Crippen LogP contribution >= 0.6 is 0 Å². The topological polar surface area (TPSA) is 85.2 Å². The first-order chi connectivity index (χ1) is 8.58. The van der Waals surface area contributed by atoms with E-state index in [-0.39, 0.29) is 6.04 Å². The first-order valence-corrected chi connectivity index (χ1v) is 6.34. The molecule has 0 spiro atoms. The number of carbonyl (C=O) groups excluding carboxylic acids is 1. The van der Waals surface area contributed by atoms with Crippen molar-refractivity contribution >= 4 is 11.6 Å². The van der Waals surface area contributed by atoms with E-state index >= 15 is 0 Å². The van der Waals surface area contributed by atoms with E-state index < -0.39 is 5.91 Å². The van der Waals surface area contributed by atoms with Crippen LogP contribution < -0.4 is 16.4 Å². The van der Waals surface area contributed by atoms with Gasteiger partial charge in [-0.3, -0.25) is 9.78 Å². The van der Waals surface area contributed by atoms with E-state index in [2.05, 4.69) is 16.8 Å². The number of nitrogens with zero attached hydrogens (tertiary/aromatic N) is 2. The summed E-state index contributed by atoms with van der Waals surface area (Å²) in [6.07, 6.45) is 3.81. The van der Waals surface area contributed by atoms with Crippen LogP contribution in [-0.2, 0) is 0 Å². The predicted molar refractivity (Wildman–Crippen MR) is 71.3 cm³/mol. The zero-order valence-electron chi connectivity index (χ0n) is 10.7. The van der Waals surface area contributed by atoms with Crippen LogP contribution in [0.3, 0.4) is 0 Å². The van der Waals surface area contributed by atoms with Crippen LogP contribution in [0.4, 0.5) is 5.69 Å². The van der Waals surface area contributed by atoms with Crippen LogP contribution in [0.15, 0.2) is 18.3 Å². The summed E-state index contributed by atoms with van der Waals surface area (Å²) in [6, 6.07) is 3.93. The molecule has 18 heavy (non-hydrogen) atoms. The molecule has 1 aromatic heterocycles. The molecule has 1 aliphatic rings. The number of rotatable bonds is 3. The lowest BCUT2D eigenvalue weighted by Crippen LogP contribution is -2.39. The van der Waals surface area contributed by atoms with Crippen molar-refractivity contribution in [3.05, 3.63) is 24.0 Å². The molecule has 5 nitrogen and oxygen atoms in total. The van der Waals surface area contributed by atoms with Crippen LogP contribution in [0.5, 0.6) is 0 Å². The molecule has 2 heterocycles. The van der Waals surface area contributed by atoms with Gasteiger partial charge in [-0.15, -0.1) is 0 Å². The Labute approximate surface area is 107 Å². The maximum Gasteiger partial charge on any atom is 0.267 e. The molecule has 1 saturated heterocycles. The molecule has 1 aromatic rings. The Kier molecular flexibility index (Phi) is 3.81. The van der Waals surface area contributed by atoms with Crippen molar-refractivity contribution in [2.45, 2.75) is 25.8 Å². The molecule has 5 heteroatoms. The average molecular weight is 248 g/mol. The monoisotopic (exact) mass is 248 g/mol.